The summed E-state index contributed by atoms with van der Waals surface area (Å²) in [6.45, 7) is -0.0430. The van der Waals surface area contributed by atoms with Crippen molar-refractivity contribution in [2.45, 2.75) is 24.9 Å². The number of nitrogens with two attached hydrogens (primary N) is 1. The number of hydrogen-bond donors (Lipinski definition) is 4. The van der Waals surface area contributed by atoms with Crippen molar-refractivity contribution in [2.24, 2.45) is 0 Å². The summed E-state index contributed by atoms with van der Waals surface area (Å²) in [4.78, 5) is 21.5. The molecule has 1 saturated heterocycles. The molecule has 0 saturated carbocycles. The quantitative estimate of drug-likeness (QED) is 0.445. The van der Waals surface area contributed by atoms with Gasteiger partial charge in [0.2, 0.25) is 5.69 Å². The highest BCUT2D eigenvalue weighted by Gasteiger charge is 2.36. The van der Waals surface area contributed by atoms with E-state index in [1.165, 1.54) is 12.7 Å². The molecule has 1 aliphatic heterocycles. The van der Waals surface area contributed by atoms with Crippen LogP contribution in [0.2, 0.25) is 0 Å². The monoisotopic (exact) mass is 363 g/mol. The second kappa shape index (κ2) is 6.00. The number of nitrogen functional groups attached to an aromatic ring is 1. The molecule has 0 aromatic carbocycles. The molecule has 3 heterocycles. The van der Waals surface area contributed by atoms with Crippen molar-refractivity contribution in [3.05, 3.63) is 12.7 Å². The molecule has 0 amide bonds. The van der Waals surface area contributed by atoms with E-state index in [9.17, 15) is 10.00 Å². The van der Waals surface area contributed by atoms with Crippen LogP contribution in [-0.2, 0) is 21.1 Å². The summed E-state index contributed by atoms with van der Waals surface area (Å²) in [5.41, 5.74) is 3.64. The Morgan fingerprint density at radius 3 is 3.05 bits per heavy atom. The number of imidazole rings is 1. The van der Waals surface area contributed by atoms with Gasteiger partial charge >= 0.3 is 0 Å². The third-order valence-electron chi connectivity index (χ3n) is 3.31. The van der Waals surface area contributed by atoms with Gasteiger partial charge in [0.05, 0.1) is 19.0 Å². The van der Waals surface area contributed by atoms with Crippen LogP contribution in [0.4, 0.5) is 5.82 Å². The Morgan fingerprint density at radius 1 is 1.55 bits per heavy atom. The minimum absolute atomic E-state index is 0.0430. The van der Waals surface area contributed by atoms with E-state index >= 15 is 0 Å². The molecule has 0 radical (unpaired) electrons. The third kappa shape index (κ3) is 3.25. The van der Waals surface area contributed by atoms with Crippen molar-refractivity contribution in [1.29, 1.82) is 0 Å². The first kappa shape index (κ1) is 16.1. The fraction of sp³-hybridized carbons (Fsp3) is 0.500. The predicted molar refractivity (Wildman–Crippen MR) is 85.7 cm³/mol. The highest BCUT2D eigenvalue weighted by atomic mass is 32.9. The zero-order chi connectivity index (χ0) is 15.9. The van der Waals surface area contributed by atoms with Crippen molar-refractivity contribution in [3.63, 3.8) is 0 Å². The molecule has 0 bridgehead atoms. The van der Waals surface area contributed by atoms with Crippen LogP contribution in [0, 0.1) is 0 Å². The lowest BCUT2D eigenvalue weighted by Gasteiger charge is -2.17. The van der Waals surface area contributed by atoms with Gasteiger partial charge in [-0.25, -0.2) is 15.0 Å². The Hall–Kier alpha value is -0.810. The van der Waals surface area contributed by atoms with Crippen LogP contribution in [0.25, 0.3) is 11.2 Å². The molecule has 0 spiro atoms. The van der Waals surface area contributed by atoms with Crippen LogP contribution < -0.4 is 5.73 Å². The van der Waals surface area contributed by atoms with E-state index in [1.54, 1.807) is 4.57 Å². The summed E-state index contributed by atoms with van der Waals surface area (Å²) in [6, 6.07) is 0. The standard InChI is InChI=1S/C10H14N5O4PS2/c11-9-8-10(13-3-12-9)15(4-14-8)7-1-5(16)6(19-7)2-18-20(17,21)22/h3-7,16H,1-2H2,(H2,11,12,13)(H2,17,21,22)/t5-,6+,7+/m0/s1. The lowest BCUT2D eigenvalue weighted by atomic mass is 10.2. The number of nitrogens with zero attached hydrogens (tertiary/aromatic N) is 4. The molecular formula is C10H14N5O4PS2. The maximum Gasteiger partial charge on any atom is 0.241 e. The van der Waals surface area contributed by atoms with Gasteiger partial charge in [-0.1, -0.05) is 12.2 Å². The molecule has 1 fully saturated rings. The van der Waals surface area contributed by atoms with Crippen molar-refractivity contribution in [2.75, 3.05) is 12.3 Å². The molecule has 1 unspecified atom stereocenters. The average Bonchev–Trinajstić information content (AvgIpc) is 3.00. The van der Waals surface area contributed by atoms with Crippen LogP contribution in [0.3, 0.4) is 0 Å². The molecule has 0 aliphatic carbocycles. The topological polar surface area (TPSA) is 129 Å². The molecular weight excluding hydrogens is 349 g/mol. The summed E-state index contributed by atoms with van der Waals surface area (Å²) in [6.07, 6.45) is 1.33. The predicted octanol–water partition coefficient (Wildman–Crippen LogP) is 0.220. The lowest BCUT2D eigenvalue weighted by molar-refractivity contribution is -0.0373. The first-order chi connectivity index (χ1) is 10.3. The smallest absolute Gasteiger partial charge is 0.241 e. The van der Waals surface area contributed by atoms with Gasteiger partial charge in [0.25, 0.3) is 0 Å². The van der Waals surface area contributed by atoms with Gasteiger partial charge in [0, 0.05) is 6.42 Å². The Labute approximate surface area is 135 Å². The molecule has 4 N–H and O–H groups in total. The van der Waals surface area contributed by atoms with Crippen LogP contribution in [0.5, 0.6) is 0 Å². The number of aliphatic hydroxyl groups is 1. The maximum atomic E-state index is 10.1. The van der Waals surface area contributed by atoms with Crippen LogP contribution >= 0.6 is 17.9 Å². The normalized spacial score (nSPS) is 28.0. The van der Waals surface area contributed by atoms with Gasteiger partial charge in [0.15, 0.2) is 11.5 Å². The molecule has 3 rings (SSSR count). The number of ether oxygens (including phenoxy) is 1. The molecule has 2 aromatic heterocycles. The van der Waals surface area contributed by atoms with Crippen molar-refractivity contribution in [3.8, 4) is 0 Å². The number of anilines is 1. The number of hydrogen-bond acceptors (Lipinski definition) is 8. The van der Waals surface area contributed by atoms with E-state index in [4.69, 9.17) is 15.0 Å². The van der Waals surface area contributed by atoms with E-state index in [0.717, 1.165) is 0 Å². The summed E-state index contributed by atoms with van der Waals surface area (Å²) >= 11 is 8.45. The summed E-state index contributed by atoms with van der Waals surface area (Å²) in [7, 11) is 0. The Bertz CT molecular complexity index is 737. The Morgan fingerprint density at radius 2 is 2.32 bits per heavy atom. The SMILES string of the molecule is Nc1ncnc2c1ncn2[C@H]1C[C@H](O)[C@@H](COP(O)(=S)S)O1. The molecule has 1 aliphatic rings. The number of rotatable bonds is 4. The second-order valence-corrected chi connectivity index (χ2v) is 9.96. The van der Waals surface area contributed by atoms with E-state index in [-0.39, 0.29) is 12.4 Å². The number of fused-ring (bicyclic) bond motifs is 1. The van der Waals surface area contributed by atoms with Crippen molar-refractivity contribution < 1.29 is 19.3 Å². The fourth-order valence-corrected chi connectivity index (χ4v) is 3.01. The van der Waals surface area contributed by atoms with Gasteiger partial charge in [-0.05, 0) is 11.8 Å². The van der Waals surface area contributed by atoms with Crippen LogP contribution in [0.1, 0.15) is 12.6 Å². The molecule has 120 valence electrons. The van der Waals surface area contributed by atoms with Gasteiger partial charge in [-0.2, -0.15) is 0 Å². The fourth-order valence-electron chi connectivity index (χ4n) is 2.29. The first-order valence-electron chi connectivity index (χ1n) is 6.32. The van der Waals surface area contributed by atoms with Crippen molar-refractivity contribution in [1.82, 2.24) is 19.5 Å². The average molecular weight is 363 g/mol. The van der Waals surface area contributed by atoms with Crippen molar-refractivity contribution >= 4 is 46.7 Å². The third-order valence-corrected chi connectivity index (χ3v) is 4.46. The number of aliphatic hydroxyl groups excluding tert-OH is 1. The Kier molecular flexibility index (Phi) is 4.38. The number of thiol groups is 1. The second-order valence-electron chi connectivity index (χ2n) is 4.80. The first-order valence-corrected chi connectivity index (χ1v) is 10.1. The highest BCUT2D eigenvalue weighted by molar-refractivity contribution is 8.59. The molecule has 2 aromatic rings. The molecule has 4 atom stereocenters. The Balaban J connectivity index is 1.78. The van der Waals surface area contributed by atoms with E-state index < -0.39 is 24.1 Å². The minimum atomic E-state index is -3.09. The van der Waals surface area contributed by atoms with Gasteiger partial charge in [-0.3, -0.25) is 4.57 Å². The van der Waals surface area contributed by atoms with Gasteiger partial charge in [0.1, 0.15) is 24.2 Å². The summed E-state index contributed by atoms with van der Waals surface area (Å²) in [5, 5.41) is 10.1. The minimum Gasteiger partial charge on any atom is -0.390 e. The van der Waals surface area contributed by atoms with E-state index in [2.05, 4.69) is 39.0 Å². The summed E-state index contributed by atoms with van der Waals surface area (Å²) in [5.74, 6) is 0.276. The molecule has 12 heteroatoms. The highest BCUT2D eigenvalue weighted by Crippen LogP contribution is 2.48. The zero-order valence-corrected chi connectivity index (χ0v) is 13.8. The van der Waals surface area contributed by atoms with E-state index in [1.807, 2.05) is 0 Å². The van der Waals surface area contributed by atoms with Gasteiger partial charge in [-0.15, -0.1) is 0 Å². The van der Waals surface area contributed by atoms with Crippen LogP contribution in [0.15, 0.2) is 12.7 Å². The van der Waals surface area contributed by atoms with Gasteiger partial charge < -0.3 is 25.0 Å². The molecule has 9 nitrogen and oxygen atoms in total. The zero-order valence-electron chi connectivity index (χ0n) is 11.2. The summed E-state index contributed by atoms with van der Waals surface area (Å²) < 4.78 is 12.5. The number of aromatic nitrogens is 4. The van der Waals surface area contributed by atoms with E-state index in [0.29, 0.717) is 17.6 Å². The largest absolute Gasteiger partial charge is 0.390 e. The lowest BCUT2D eigenvalue weighted by Crippen LogP contribution is -2.25. The van der Waals surface area contributed by atoms with Crippen LogP contribution in [-0.4, -0.2) is 48.3 Å². The maximum absolute atomic E-state index is 10.1. The molecule has 22 heavy (non-hydrogen) atoms.